The third kappa shape index (κ3) is 3.51. The van der Waals surface area contributed by atoms with Crippen molar-refractivity contribution in [2.45, 2.75) is 13.8 Å². The standard InChI is InChI=1S/C18H14Cl2N2OS/c1-10-5-3-8-14(11(10)2)21-18-22-17(23)15(24-18)9-12-6-4-7-13(19)16(12)20/h3-9H,1-2H3,(H,21,22,23)/b15-9-. The van der Waals surface area contributed by atoms with Crippen LogP contribution in [0.3, 0.4) is 0 Å². The molecule has 1 saturated heterocycles. The first kappa shape index (κ1) is 17.1. The number of amidine groups is 1. The number of hydrogen-bond acceptors (Lipinski definition) is 3. The predicted molar refractivity (Wildman–Crippen MR) is 103 cm³/mol. The quantitative estimate of drug-likeness (QED) is 0.702. The SMILES string of the molecule is Cc1cccc(N=C2NC(=O)/C(=C/c3cccc(Cl)c3Cl)S2)c1C. The number of rotatable bonds is 2. The number of hydrogen-bond donors (Lipinski definition) is 1. The molecule has 2 aromatic carbocycles. The molecule has 24 heavy (non-hydrogen) atoms. The number of thioether (sulfide) groups is 1. The Hall–Kier alpha value is -1.75. The zero-order chi connectivity index (χ0) is 17.3. The van der Waals surface area contributed by atoms with Crippen LogP contribution in [0.2, 0.25) is 10.0 Å². The fourth-order valence-corrected chi connectivity index (χ4v) is 3.41. The molecule has 0 spiro atoms. The molecule has 1 N–H and O–H groups in total. The molecule has 0 atom stereocenters. The van der Waals surface area contributed by atoms with Crippen LogP contribution in [-0.2, 0) is 4.79 Å². The summed E-state index contributed by atoms with van der Waals surface area (Å²) in [6.07, 6.45) is 1.72. The molecule has 0 aliphatic carbocycles. The molecule has 0 radical (unpaired) electrons. The molecule has 122 valence electrons. The highest BCUT2D eigenvalue weighted by Crippen LogP contribution is 2.33. The molecule has 3 nitrogen and oxygen atoms in total. The Morgan fingerprint density at radius 3 is 2.67 bits per heavy atom. The van der Waals surface area contributed by atoms with Crippen molar-refractivity contribution in [1.29, 1.82) is 0 Å². The number of nitrogens with one attached hydrogen (secondary N) is 1. The Bertz CT molecular complexity index is 891. The summed E-state index contributed by atoms with van der Waals surface area (Å²) in [5.41, 5.74) is 3.80. The summed E-state index contributed by atoms with van der Waals surface area (Å²) in [4.78, 5) is 17.2. The van der Waals surface area contributed by atoms with E-state index in [0.717, 1.165) is 16.8 Å². The minimum absolute atomic E-state index is 0.194. The van der Waals surface area contributed by atoms with Crippen LogP contribution in [0.25, 0.3) is 6.08 Å². The van der Waals surface area contributed by atoms with Gasteiger partial charge in [-0.2, -0.15) is 0 Å². The van der Waals surface area contributed by atoms with E-state index in [4.69, 9.17) is 23.2 Å². The van der Waals surface area contributed by atoms with Gasteiger partial charge in [0.1, 0.15) is 0 Å². The van der Waals surface area contributed by atoms with Crippen LogP contribution >= 0.6 is 35.0 Å². The van der Waals surface area contributed by atoms with E-state index in [0.29, 0.717) is 25.7 Å². The number of carbonyl (C=O) groups is 1. The van der Waals surface area contributed by atoms with Gasteiger partial charge in [0.15, 0.2) is 5.17 Å². The Labute approximate surface area is 154 Å². The van der Waals surface area contributed by atoms with Crippen molar-refractivity contribution < 1.29 is 4.79 Å². The Morgan fingerprint density at radius 1 is 1.12 bits per heavy atom. The molecule has 1 fully saturated rings. The van der Waals surface area contributed by atoms with Crippen molar-refractivity contribution in [2.24, 2.45) is 4.99 Å². The summed E-state index contributed by atoms with van der Waals surface area (Å²) >= 11 is 13.5. The van der Waals surface area contributed by atoms with Gasteiger partial charge >= 0.3 is 0 Å². The van der Waals surface area contributed by atoms with Gasteiger partial charge in [0.05, 0.1) is 20.6 Å². The third-order valence-electron chi connectivity index (χ3n) is 3.72. The molecular weight excluding hydrogens is 363 g/mol. The number of benzene rings is 2. The van der Waals surface area contributed by atoms with Crippen molar-refractivity contribution in [3.63, 3.8) is 0 Å². The molecule has 3 rings (SSSR count). The van der Waals surface area contributed by atoms with E-state index < -0.39 is 0 Å². The van der Waals surface area contributed by atoms with Crippen molar-refractivity contribution in [2.75, 3.05) is 0 Å². The highest BCUT2D eigenvalue weighted by Gasteiger charge is 2.24. The van der Waals surface area contributed by atoms with E-state index >= 15 is 0 Å². The minimum Gasteiger partial charge on any atom is -0.300 e. The zero-order valence-corrected chi connectivity index (χ0v) is 15.4. The number of aryl methyl sites for hydroxylation is 1. The molecule has 0 bridgehead atoms. The largest absolute Gasteiger partial charge is 0.300 e. The highest BCUT2D eigenvalue weighted by atomic mass is 35.5. The average Bonchev–Trinajstić information content (AvgIpc) is 2.88. The number of nitrogens with zero attached hydrogens (tertiary/aromatic N) is 1. The van der Waals surface area contributed by atoms with E-state index in [1.807, 2.05) is 38.1 Å². The topological polar surface area (TPSA) is 41.5 Å². The van der Waals surface area contributed by atoms with Crippen LogP contribution < -0.4 is 5.32 Å². The van der Waals surface area contributed by atoms with E-state index in [2.05, 4.69) is 10.3 Å². The second-order valence-electron chi connectivity index (χ2n) is 5.34. The number of aliphatic imine (C=N–C) groups is 1. The molecule has 6 heteroatoms. The Kier molecular flexibility index (Phi) is 4.99. The first-order valence-corrected chi connectivity index (χ1v) is 8.83. The van der Waals surface area contributed by atoms with Gasteiger partial charge in [0.25, 0.3) is 5.91 Å². The number of halogens is 2. The van der Waals surface area contributed by atoms with E-state index in [9.17, 15) is 4.79 Å². The van der Waals surface area contributed by atoms with Crippen molar-refractivity contribution in [3.8, 4) is 0 Å². The molecule has 1 aliphatic rings. The molecule has 0 aromatic heterocycles. The molecule has 1 heterocycles. The lowest BCUT2D eigenvalue weighted by atomic mass is 10.1. The average molecular weight is 377 g/mol. The van der Waals surface area contributed by atoms with Gasteiger partial charge < -0.3 is 5.32 Å². The Morgan fingerprint density at radius 2 is 1.88 bits per heavy atom. The molecule has 1 aliphatic heterocycles. The lowest BCUT2D eigenvalue weighted by molar-refractivity contribution is -0.115. The lowest BCUT2D eigenvalue weighted by Gasteiger charge is -2.04. The zero-order valence-electron chi connectivity index (χ0n) is 13.1. The maximum atomic E-state index is 12.2. The normalized spacial score (nSPS) is 17.6. The smallest absolute Gasteiger partial charge is 0.264 e. The fraction of sp³-hybridized carbons (Fsp3) is 0.111. The molecule has 0 saturated carbocycles. The summed E-state index contributed by atoms with van der Waals surface area (Å²) < 4.78 is 0. The predicted octanol–water partition coefficient (Wildman–Crippen LogP) is 5.50. The minimum atomic E-state index is -0.194. The maximum absolute atomic E-state index is 12.2. The summed E-state index contributed by atoms with van der Waals surface area (Å²) in [5.74, 6) is -0.194. The van der Waals surface area contributed by atoms with Gasteiger partial charge in [-0.25, -0.2) is 4.99 Å². The van der Waals surface area contributed by atoms with E-state index in [-0.39, 0.29) is 5.91 Å². The van der Waals surface area contributed by atoms with Gasteiger partial charge in [0, 0.05) is 0 Å². The maximum Gasteiger partial charge on any atom is 0.264 e. The van der Waals surface area contributed by atoms with Crippen LogP contribution in [0.15, 0.2) is 46.3 Å². The second kappa shape index (κ2) is 7.01. The van der Waals surface area contributed by atoms with E-state index in [1.54, 1.807) is 18.2 Å². The van der Waals surface area contributed by atoms with Gasteiger partial charge in [-0.05, 0) is 60.5 Å². The Balaban J connectivity index is 1.91. The fourth-order valence-electron chi connectivity index (χ4n) is 2.22. The summed E-state index contributed by atoms with van der Waals surface area (Å²) in [6, 6.07) is 11.2. The van der Waals surface area contributed by atoms with Crippen LogP contribution in [0, 0.1) is 13.8 Å². The van der Waals surface area contributed by atoms with Crippen LogP contribution in [0.1, 0.15) is 16.7 Å². The van der Waals surface area contributed by atoms with Crippen molar-refractivity contribution >= 4 is 57.8 Å². The molecule has 2 aromatic rings. The van der Waals surface area contributed by atoms with Crippen LogP contribution in [0.4, 0.5) is 5.69 Å². The first-order chi connectivity index (χ1) is 11.5. The first-order valence-electron chi connectivity index (χ1n) is 7.25. The number of amides is 1. The van der Waals surface area contributed by atoms with Gasteiger partial charge in [0.2, 0.25) is 0 Å². The van der Waals surface area contributed by atoms with E-state index in [1.165, 1.54) is 11.8 Å². The van der Waals surface area contributed by atoms with Gasteiger partial charge in [-0.3, -0.25) is 4.79 Å². The van der Waals surface area contributed by atoms with Crippen molar-refractivity contribution in [3.05, 3.63) is 68.0 Å². The molecule has 0 unspecified atom stereocenters. The monoisotopic (exact) mass is 376 g/mol. The van der Waals surface area contributed by atoms with Crippen molar-refractivity contribution in [1.82, 2.24) is 5.32 Å². The van der Waals surface area contributed by atoms with Gasteiger partial charge in [-0.15, -0.1) is 0 Å². The lowest BCUT2D eigenvalue weighted by Crippen LogP contribution is -2.19. The molecular formula is C18H14Cl2N2OS. The van der Waals surface area contributed by atoms with Gasteiger partial charge in [-0.1, -0.05) is 47.5 Å². The molecule has 1 amide bonds. The summed E-state index contributed by atoms with van der Waals surface area (Å²) in [5, 5.41) is 4.22. The summed E-state index contributed by atoms with van der Waals surface area (Å²) in [7, 11) is 0. The van der Waals surface area contributed by atoms with Crippen LogP contribution in [0.5, 0.6) is 0 Å². The summed E-state index contributed by atoms with van der Waals surface area (Å²) in [6.45, 7) is 4.05. The number of carbonyl (C=O) groups excluding carboxylic acids is 1. The second-order valence-corrected chi connectivity index (χ2v) is 7.16. The van der Waals surface area contributed by atoms with Crippen LogP contribution in [-0.4, -0.2) is 11.1 Å². The highest BCUT2D eigenvalue weighted by molar-refractivity contribution is 8.18. The third-order valence-corrected chi connectivity index (χ3v) is 5.46.